The maximum Gasteiger partial charge on any atom is 0.325 e. The predicted molar refractivity (Wildman–Crippen MR) is 120 cm³/mol. The third kappa shape index (κ3) is 5.28. The van der Waals surface area contributed by atoms with Crippen molar-refractivity contribution in [1.82, 2.24) is 9.88 Å². The second-order valence-electron chi connectivity index (χ2n) is 7.36. The fourth-order valence-electron chi connectivity index (χ4n) is 3.62. The van der Waals surface area contributed by atoms with Gasteiger partial charge >= 0.3 is 5.97 Å². The highest BCUT2D eigenvalue weighted by Crippen LogP contribution is 2.19. The lowest BCUT2D eigenvalue weighted by atomic mass is 10.0. The Morgan fingerprint density at radius 2 is 1.84 bits per heavy atom. The molecule has 0 fully saturated rings. The van der Waals surface area contributed by atoms with Gasteiger partial charge in [-0.25, -0.2) is 0 Å². The first-order chi connectivity index (χ1) is 14.9. The number of nitrogens with zero attached hydrogens (tertiary/aromatic N) is 1. The number of allylic oxidation sites excluding steroid dienone is 1. The molecule has 1 heterocycles. The number of hydrogen-bond donors (Lipinski definition) is 1. The zero-order valence-electron chi connectivity index (χ0n) is 17.8. The summed E-state index contributed by atoms with van der Waals surface area (Å²) in [5.41, 5.74) is 3.15. The van der Waals surface area contributed by atoms with Gasteiger partial charge in [0.05, 0.1) is 6.42 Å². The van der Waals surface area contributed by atoms with E-state index in [9.17, 15) is 14.4 Å². The minimum Gasteiger partial charge on any atom is -0.456 e. The molecule has 6 nitrogen and oxygen atoms in total. The van der Waals surface area contributed by atoms with Gasteiger partial charge in [0.15, 0.2) is 6.61 Å². The van der Waals surface area contributed by atoms with Gasteiger partial charge in [0.25, 0.3) is 0 Å². The molecule has 0 saturated heterocycles. The molecule has 0 aliphatic heterocycles. The van der Waals surface area contributed by atoms with Crippen LogP contribution < -0.4 is 5.32 Å². The Labute approximate surface area is 181 Å². The van der Waals surface area contributed by atoms with Gasteiger partial charge in [-0.15, -0.1) is 6.58 Å². The zero-order valence-corrected chi connectivity index (χ0v) is 17.8. The van der Waals surface area contributed by atoms with Crippen LogP contribution in [0.3, 0.4) is 0 Å². The molecule has 1 aromatic heterocycles. The maximum atomic E-state index is 12.4. The molecule has 0 bridgehead atoms. The van der Waals surface area contributed by atoms with Crippen LogP contribution in [0.4, 0.5) is 0 Å². The van der Waals surface area contributed by atoms with Gasteiger partial charge in [-0.05, 0) is 36.2 Å². The minimum absolute atomic E-state index is 0.156. The minimum atomic E-state index is -0.653. The third-order valence-corrected chi connectivity index (χ3v) is 5.21. The van der Waals surface area contributed by atoms with E-state index < -0.39 is 5.97 Å². The quantitative estimate of drug-likeness (QED) is 0.328. The second-order valence-corrected chi connectivity index (χ2v) is 7.36. The van der Waals surface area contributed by atoms with Crippen LogP contribution in [0.15, 0.2) is 61.2 Å². The molecule has 2 aromatic carbocycles. The van der Waals surface area contributed by atoms with Crippen LogP contribution in [0, 0.1) is 13.8 Å². The molecule has 31 heavy (non-hydrogen) atoms. The van der Waals surface area contributed by atoms with Crippen molar-refractivity contribution >= 4 is 28.4 Å². The molecule has 0 unspecified atom stereocenters. The Morgan fingerprint density at radius 3 is 2.61 bits per heavy atom. The van der Waals surface area contributed by atoms with Crippen molar-refractivity contribution in [3.05, 3.63) is 83.7 Å². The SMILES string of the molecule is C=CCn1c(C)cc(C(=O)COC(=O)CNC(=O)Cc2cccc3ccccc23)c1C. The first kappa shape index (κ1) is 22.0. The number of hydrogen-bond acceptors (Lipinski definition) is 4. The van der Waals surface area contributed by atoms with E-state index in [1.54, 1.807) is 12.1 Å². The van der Waals surface area contributed by atoms with Crippen molar-refractivity contribution < 1.29 is 19.1 Å². The van der Waals surface area contributed by atoms with Crippen molar-refractivity contribution in [2.75, 3.05) is 13.2 Å². The van der Waals surface area contributed by atoms with Gasteiger partial charge in [-0.3, -0.25) is 14.4 Å². The van der Waals surface area contributed by atoms with Crippen LogP contribution in [-0.2, 0) is 27.3 Å². The zero-order chi connectivity index (χ0) is 22.4. The van der Waals surface area contributed by atoms with E-state index in [1.807, 2.05) is 60.9 Å². The van der Waals surface area contributed by atoms with E-state index in [1.165, 1.54) is 0 Å². The number of amides is 1. The standard InChI is InChI=1S/C25H26N2O4/c1-4-12-27-17(2)13-22(18(27)3)23(28)16-31-25(30)15-26-24(29)14-20-10-7-9-19-8-5-6-11-21(19)20/h4-11,13H,1,12,14-16H2,2-3H3,(H,26,29). The van der Waals surface area contributed by atoms with Gasteiger partial charge in [-0.2, -0.15) is 0 Å². The fraction of sp³-hybridized carbons (Fsp3) is 0.240. The van der Waals surface area contributed by atoms with E-state index in [0.29, 0.717) is 12.1 Å². The molecule has 3 aromatic rings. The van der Waals surface area contributed by atoms with Crippen molar-refractivity contribution in [1.29, 1.82) is 0 Å². The van der Waals surface area contributed by atoms with Crippen LogP contribution in [0.1, 0.15) is 27.3 Å². The van der Waals surface area contributed by atoms with Gasteiger partial charge in [0.2, 0.25) is 11.7 Å². The van der Waals surface area contributed by atoms with Gasteiger partial charge in [0.1, 0.15) is 6.54 Å². The fourth-order valence-corrected chi connectivity index (χ4v) is 3.62. The summed E-state index contributed by atoms with van der Waals surface area (Å²) < 4.78 is 7.03. The Balaban J connectivity index is 1.50. The molecule has 6 heteroatoms. The number of benzene rings is 2. The summed E-state index contributed by atoms with van der Waals surface area (Å²) in [6.07, 6.45) is 1.91. The predicted octanol–water partition coefficient (Wildman–Crippen LogP) is 3.53. The molecule has 160 valence electrons. The Morgan fingerprint density at radius 1 is 1.10 bits per heavy atom. The molecule has 0 spiro atoms. The van der Waals surface area contributed by atoms with Gasteiger partial charge in [0, 0.05) is 23.5 Å². The number of ether oxygens (including phenoxy) is 1. The van der Waals surface area contributed by atoms with E-state index >= 15 is 0 Å². The number of carbonyl (C=O) groups is 3. The molecule has 0 aliphatic carbocycles. The topological polar surface area (TPSA) is 77.4 Å². The highest BCUT2D eigenvalue weighted by Gasteiger charge is 2.17. The van der Waals surface area contributed by atoms with Crippen LogP contribution in [0.25, 0.3) is 10.8 Å². The summed E-state index contributed by atoms with van der Waals surface area (Å²) in [5.74, 6) is -1.22. The van der Waals surface area contributed by atoms with Crippen LogP contribution in [-0.4, -0.2) is 35.4 Å². The number of fused-ring (bicyclic) bond motifs is 1. The number of nitrogens with one attached hydrogen (secondary N) is 1. The molecule has 0 radical (unpaired) electrons. The number of carbonyl (C=O) groups excluding carboxylic acids is 3. The molecule has 0 aliphatic rings. The second kappa shape index (κ2) is 9.89. The summed E-state index contributed by atoms with van der Waals surface area (Å²) in [7, 11) is 0. The highest BCUT2D eigenvalue weighted by atomic mass is 16.5. The van der Waals surface area contributed by atoms with E-state index in [4.69, 9.17) is 4.74 Å². The Bertz CT molecular complexity index is 1140. The van der Waals surface area contributed by atoms with E-state index in [2.05, 4.69) is 11.9 Å². The Hall–Kier alpha value is -3.67. The molecule has 1 amide bonds. The van der Waals surface area contributed by atoms with Crippen LogP contribution >= 0.6 is 0 Å². The summed E-state index contributed by atoms with van der Waals surface area (Å²) in [5, 5.41) is 4.62. The average Bonchev–Trinajstić information content (AvgIpc) is 3.05. The average molecular weight is 418 g/mol. The number of aromatic nitrogens is 1. The molecule has 0 atom stereocenters. The molecular formula is C25H26N2O4. The highest BCUT2D eigenvalue weighted by molar-refractivity contribution is 5.99. The smallest absolute Gasteiger partial charge is 0.325 e. The summed E-state index contributed by atoms with van der Waals surface area (Å²) in [4.78, 5) is 36.7. The molecular weight excluding hydrogens is 392 g/mol. The number of esters is 1. The first-order valence-corrected chi connectivity index (χ1v) is 10.1. The number of Topliss-reactive ketones (excluding diaryl/α,β-unsaturated/α-hetero) is 1. The van der Waals surface area contributed by atoms with Gasteiger partial charge < -0.3 is 14.6 Å². The molecule has 3 rings (SSSR count). The summed E-state index contributed by atoms with van der Waals surface area (Å²) in [6, 6.07) is 15.4. The monoisotopic (exact) mass is 418 g/mol. The van der Waals surface area contributed by atoms with Crippen LogP contribution in [0.5, 0.6) is 0 Å². The van der Waals surface area contributed by atoms with E-state index in [-0.39, 0.29) is 31.3 Å². The summed E-state index contributed by atoms with van der Waals surface area (Å²) in [6.45, 7) is 7.43. The van der Waals surface area contributed by atoms with Gasteiger partial charge in [-0.1, -0.05) is 48.5 Å². The largest absolute Gasteiger partial charge is 0.456 e. The number of ketones is 1. The lowest BCUT2D eigenvalue weighted by Gasteiger charge is -2.09. The lowest BCUT2D eigenvalue weighted by Crippen LogP contribution is -2.32. The normalized spacial score (nSPS) is 10.6. The lowest BCUT2D eigenvalue weighted by molar-refractivity contribution is -0.142. The molecule has 1 N–H and O–H groups in total. The Kier molecular flexibility index (Phi) is 7.03. The van der Waals surface area contributed by atoms with Crippen molar-refractivity contribution in [2.45, 2.75) is 26.8 Å². The van der Waals surface area contributed by atoms with E-state index in [0.717, 1.165) is 27.7 Å². The third-order valence-electron chi connectivity index (χ3n) is 5.21. The number of rotatable bonds is 9. The first-order valence-electron chi connectivity index (χ1n) is 10.1. The maximum absolute atomic E-state index is 12.4. The number of aryl methyl sites for hydroxylation is 1. The summed E-state index contributed by atoms with van der Waals surface area (Å²) >= 11 is 0. The van der Waals surface area contributed by atoms with Crippen molar-refractivity contribution in [3.8, 4) is 0 Å². The molecule has 0 saturated carbocycles. The van der Waals surface area contributed by atoms with Crippen molar-refractivity contribution in [2.24, 2.45) is 0 Å². The van der Waals surface area contributed by atoms with Crippen molar-refractivity contribution in [3.63, 3.8) is 0 Å². The van der Waals surface area contributed by atoms with Crippen LogP contribution in [0.2, 0.25) is 0 Å².